The molecule has 1 N–H and O–H groups in total. The molecule has 1 amide bonds. The highest BCUT2D eigenvalue weighted by Gasteiger charge is 2.18. The number of morpholine rings is 1. The number of halogens is 2. The monoisotopic (exact) mass is 659 g/mol. The summed E-state index contributed by atoms with van der Waals surface area (Å²) in [6, 6.07) is 15.7. The van der Waals surface area contributed by atoms with Crippen molar-refractivity contribution in [3.63, 3.8) is 0 Å². The fourth-order valence-electron chi connectivity index (χ4n) is 5.15. The molecule has 2 aromatic heterocycles. The molecule has 0 unspecified atom stereocenters. The van der Waals surface area contributed by atoms with Gasteiger partial charge >= 0.3 is 0 Å². The molecule has 1 aliphatic heterocycles. The molecule has 0 bridgehead atoms. The van der Waals surface area contributed by atoms with Gasteiger partial charge in [0.25, 0.3) is 11.5 Å². The highest BCUT2D eigenvalue weighted by molar-refractivity contribution is 6.30. The summed E-state index contributed by atoms with van der Waals surface area (Å²) in [4.78, 5) is 36.7. The Hall–Kier alpha value is -5.04. The molecule has 3 aromatic carbocycles. The quantitative estimate of drug-likeness (QED) is 0.178. The number of carbonyl (C=O) groups excluding carboxylic acids is 1. The third-order valence-electron chi connectivity index (χ3n) is 7.52. The molecule has 1 aliphatic rings. The van der Waals surface area contributed by atoms with E-state index in [1.807, 2.05) is 0 Å². The second-order valence-corrected chi connectivity index (χ2v) is 11.1. The molecule has 0 radical (unpaired) electrons. The minimum absolute atomic E-state index is 0.0842. The van der Waals surface area contributed by atoms with E-state index >= 15 is 4.39 Å². The lowest BCUT2D eigenvalue weighted by atomic mass is 10.1. The second kappa shape index (κ2) is 14.6. The zero-order valence-electron chi connectivity index (χ0n) is 25.4. The summed E-state index contributed by atoms with van der Waals surface area (Å²) in [7, 11) is 1.54. The van der Waals surface area contributed by atoms with Crippen LogP contribution in [0.2, 0.25) is 5.02 Å². The maximum Gasteiger partial charge on any atom is 0.286 e. The maximum absolute atomic E-state index is 15.3. The molecule has 1 saturated heterocycles. The van der Waals surface area contributed by atoms with Crippen molar-refractivity contribution in [2.24, 2.45) is 0 Å². The van der Waals surface area contributed by atoms with Gasteiger partial charge in [-0.3, -0.25) is 24.0 Å². The first-order valence-electron chi connectivity index (χ1n) is 14.9. The number of methoxy groups -OCH3 is 1. The molecule has 11 nitrogen and oxygen atoms in total. The zero-order valence-corrected chi connectivity index (χ0v) is 26.2. The second-order valence-electron chi connectivity index (χ2n) is 10.6. The van der Waals surface area contributed by atoms with Gasteiger partial charge in [0.15, 0.2) is 28.8 Å². The molecule has 6 rings (SSSR count). The van der Waals surface area contributed by atoms with Crippen molar-refractivity contribution in [1.82, 2.24) is 19.4 Å². The number of aromatic nitrogens is 3. The lowest BCUT2D eigenvalue weighted by Gasteiger charge is -2.26. The van der Waals surface area contributed by atoms with Gasteiger partial charge in [-0.25, -0.2) is 9.37 Å². The van der Waals surface area contributed by atoms with Crippen LogP contribution in [0.5, 0.6) is 23.0 Å². The average molecular weight is 660 g/mol. The first-order chi connectivity index (χ1) is 22.9. The third kappa shape index (κ3) is 7.51. The minimum Gasteiger partial charge on any atom is -0.493 e. The Kier molecular flexibility index (Phi) is 9.91. The van der Waals surface area contributed by atoms with Gasteiger partial charge in [-0.2, -0.15) is 0 Å². The number of anilines is 1. The van der Waals surface area contributed by atoms with E-state index in [9.17, 15) is 9.59 Å². The molecular weight excluding hydrogens is 629 g/mol. The number of hydrogen-bond acceptors (Lipinski definition) is 9. The fourth-order valence-corrected chi connectivity index (χ4v) is 5.34. The summed E-state index contributed by atoms with van der Waals surface area (Å²) in [5.74, 6) is -0.241. The van der Waals surface area contributed by atoms with Crippen molar-refractivity contribution < 1.29 is 28.1 Å². The van der Waals surface area contributed by atoms with Crippen LogP contribution in [0.1, 0.15) is 16.9 Å². The van der Waals surface area contributed by atoms with Crippen LogP contribution in [0.3, 0.4) is 0 Å². The Labute approximate surface area is 274 Å². The Morgan fingerprint density at radius 2 is 1.85 bits per heavy atom. The molecule has 1 fully saturated rings. The lowest BCUT2D eigenvalue weighted by molar-refractivity contribution is 0.0357. The predicted octanol–water partition coefficient (Wildman–Crippen LogP) is 5.73. The smallest absolute Gasteiger partial charge is 0.286 e. The molecule has 5 aromatic rings. The standard InChI is InChI=1S/C34H31ClFN5O6/c1-44-30-20-25-27(21-31(30)46-15-3-11-40-13-16-45-17-14-40)37-9-8-28(25)47-29-7-6-23(19-26(29)36)39-33(42)32-34(43)41(12-10-38-32)24-5-2-4-22(35)18-24/h2,4-10,12,18-21H,3,11,13-17H2,1H3,(H,39,42). The molecule has 13 heteroatoms. The summed E-state index contributed by atoms with van der Waals surface area (Å²) >= 11 is 6.05. The first kappa shape index (κ1) is 31.9. The number of amides is 1. The minimum atomic E-state index is -0.800. The molecule has 242 valence electrons. The van der Waals surface area contributed by atoms with E-state index in [0.29, 0.717) is 45.5 Å². The van der Waals surface area contributed by atoms with E-state index in [1.165, 1.54) is 29.1 Å². The van der Waals surface area contributed by atoms with Gasteiger partial charge in [0.2, 0.25) is 0 Å². The summed E-state index contributed by atoms with van der Waals surface area (Å²) < 4.78 is 39.5. The van der Waals surface area contributed by atoms with Crippen molar-refractivity contribution in [3.8, 4) is 28.7 Å². The van der Waals surface area contributed by atoms with Crippen molar-refractivity contribution in [2.45, 2.75) is 6.42 Å². The molecule has 3 heterocycles. The van der Waals surface area contributed by atoms with Gasteiger partial charge in [0, 0.05) is 66.5 Å². The summed E-state index contributed by atoms with van der Waals surface area (Å²) in [5.41, 5.74) is 0.126. The van der Waals surface area contributed by atoms with Gasteiger partial charge in [0.05, 0.1) is 38.1 Å². The lowest BCUT2D eigenvalue weighted by Crippen LogP contribution is -2.37. The number of fused-ring (bicyclic) bond motifs is 1. The Morgan fingerprint density at radius 3 is 2.64 bits per heavy atom. The van der Waals surface area contributed by atoms with Gasteiger partial charge in [-0.05, 0) is 48.9 Å². The number of benzene rings is 3. The highest BCUT2D eigenvalue weighted by Crippen LogP contribution is 2.38. The SMILES string of the molecule is COc1cc2c(Oc3ccc(NC(=O)c4nccn(-c5cccc(Cl)c5)c4=O)cc3F)ccnc2cc1OCCCN1CCOCC1. The Balaban J connectivity index is 1.15. The van der Waals surface area contributed by atoms with Crippen molar-refractivity contribution in [2.75, 3.05) is 51.9 Å². The molecule has 0 aliphatic carbocycles. The van der Waals surface area contributed by atoms with E-state index < -0.39 is 17.3 Å². The van der Waals surface area contributed by atoms with E-state index in [-0.39, 0.29) is 17.1 Å². The number of nitrogens with one attached hydrogen (secondary N) is 1. The van der Waals surface area contributed by atoms with Crippen LogP contribution in [0, 0.1) is 5.82 Å². The third-order valence-corrected chi connectivity index (χ3v) is 7.75. The van der Waals surface area contributed by atoms with Gasteiger partial charge < -0.3 is 24.3 Å². The van der Waals surface area contributed by atoms with Gasteiger partial charge in [-0.15, -0.1) is 0 Å². The van der Waals surface area contributed by atoms with Gasteiger partial charge in [0.1, 0.15) is 5.75 Å². The van der Waals surface area contributed by atoms with Crippen LogP contribution in [0.25, 0.3) is 16.6 Å². The topological polar surface area (TPSA) is 117 Å². The molecule has 0 spiro atoms. The van der Waals surface area contributed by atoms with Crippen LogP contribution < -0.4 is 25.1 Å². The predicted molar refractivity (Wildman–Crippen MR) is 175 cm³/mol. The van der Waals surface area contributed by atoms with Crippen LogP contribution in [-0.4, -0.2) is 71.9 Å². The highest BCUT2D eigenvalue weighted by atomic mass is 35.5. The number of carbonyl (C=O) groups is 1. The van der Waals surface area contributed by atoms with Gasteiger partial charge in [-0.1, -0.05) is 17.7 Å². The van der Waals surface area contributed by atoms with E-state index in [2.05, 4.69) is 20.2 Å². The van der Waals surface area contributed by atoms with E-state index in [0.717, 1.165) is 45.3 Å². The molecule has 0 saturated carbocycles. The average Bonchev–Trinajstić information content (AvgIpc) is 3.08. The van der Waals surface area contributed by atoms with Crippen LogP contribution in [0.15, 0.2) is 84.0 Å². The zero-order chi connectivity index (χ0) is 32.8. The normalized spacial score (nSPS) is 13.3. The van der Waals surface area contributed by atoms with Crippen molar-refractivity contribution in [1.29, 1.82) is 0 Å². The van der Waals surface area contributed by atoms with Crippen LogP contribution in [0.4, 0.5) is 10.1 Å². The first-order valence-corrected chi connectivity index (χ1v) is 15.3. The van der Waals surface area contributed by atoms with Crippen molar-refractivity contribution >= 4 is 34.1 Å². The number of ether oxygens (including phenoxy) is 4. The molecule has 0 atom stereocenters. The maximum atomic E-state index is 15.3. The Bertz CT molecular complexity index is 1970. The van der Waals surface area contributed by atoms with Crippen LogP contribution in [-0.2, 0) is 4.74 Å². The fraction of sp³-hybridized carbons (Fsp3) is 0.235. The molecular formula is C34H31ClFN5O6. The largest absolute Gasteiger partial charge is 0.493 e. The summed E-state index contributed by atoms with van der Waals surface area (Å²) in [6.45, 7) is 4.76. The number of rotatable bonds is 11. The van der Waals surface area contributed by atoms with E-state index in [1.54, 1.807) is 55.8 Å². The summed E-state index contributed by atoms with van der Waals surface area (Å²) in [5, 5.41) is 3.55. The van der Waals surface area contributed by atoms with Crippen molar-refractivity contribution in [3.05, 3.63) is 106 Å². The van der Waals surface area contributed by atoms with Crippen LogP contribution >= 0.6 is 11.6 Å². The summed E-state index contributed by atoms with van der Waals surface area (Å²) in [6.07, 6.45) is 5.15. The molecule has 47 heavy (non-hydrogen) atoms. The Morgan fingerprint density at radius 1 is 1.00 bits per heavy atom. The number of hydrogen-bond donors (Lipinski definition) is 1. The number of pyridine rings is 1. The number of nitrogens with zero attached hydrogens (tertiary/aromatic N) is 4. The van der Waals surface area contributed by atoms with E-state index in [4.69, 9.17) is 30.5 Å².